The van der Waals surface area contributed by atoms with E-state index in [-0.39, 0.29) is 11.4 Å². The second-order valence-corrected chi connectivity index (χ2v) is 6.04. The lowest BCUT2D eigenvalue weighted by molar-refractivity contribution is 0.138. The van der Waals surface area contributed by atoms with Gasteiger partial charge in [0, 0.05) is 43.5 Å². The molecule has 5 heteroatoms. The van der Waals surface area contributed by atoms with Crippen LogP contribution in [-0.2, 0) is 6.54 Å². The molecular weight excluding hydrogens is 255 g/mol. The molecule has 0 atom stereocenters. The maximum Gasteiger partial charge on any atom is 0.170 e. The Morgan fingerprint density at radius 3 is 2.80 bits per heavy atom. The molecule has 0 spiro atoms. The Labute approximate surface area is 121 Å². The lowest BCUT2D eigenvalue weighted by Crippen LogP contribution is -2.58. The third-order valence-electron chi connectivity index (χ3n) is 4.13. The third-order valence-corrected chi connectivity index (χ3v) is 4.13. The molecule has 0 saturated carbocycles. The number of hydrogen-bond donors (Lipinski definition) is 1. The van der Waals surface area contributed by atoms with Crippen molar-refractivity contribution >= 4 is 5.82 Å². The average molecular weight is 280 g/mol. The summed E-state index contributed by atoms with van der Waals surface area (Å²) in [6.07, 6.45) is 1.70. The molecular formula is C15H25FN4. The zero-order valence-corrected chi connectivity index (χ0v) is 12.9. The second-order valence-electron chi connectivity index (χ2n) is 6.04. The summed E-state index contributed by atoms with van der Waals surface area (Å²) in [6, 6.07) is 1.75. The highest BCUT2D eigenvalue weighted by atomic mass is 19.1. The highest BCUT2D eigenvalue weighted by Crippen LogP contribution is 2.26. The maximum atomic E-state index is 14.6. The van der Waals surface area contributed by atoms with Crippen LogP contribution in [0.25, 0.3) is 0 Å². The fraction of sp³-hybridized carbons (Fsp3) is 0.667. The van der Waals surface area contributed by atoms with Crippen LogP contribution in [0.4, 0.5) is 10.2 Å². The fourth-order valence-electron chi connectivity index (χ4n) is 2.51. The molecule has 1 aromatic heterocycles. The number of likely N-dealkylation sites (N-methyl/N-ethyl adjacent to an activating group) is 1. The number of nitrogens with one attached hydrogen (secondary N) is 1. The van der Waals surface area contributed by atoms with Gasteiger partial charge in [0.05, 0.1) is 0 Å². The Morgan fingerprint density at radius 1 is 1.40 bits per heavy atom. The molecule has 2 rings (SSSR count). The predicted octanol–water partition coefficient (Wildman–Crippen LogP) is 1.86. The molecule has 4 nitrogen and oxygen atoms in total. The van der Waals surface area contributed by atoms with Crippen LogP contribution in [0.2, 0.25) is 0 Å². The van der Waals surface area contributed by atoms with Gasteiger partial charge >= 0.3 is 0 Å². The van der Waals surface area contributed by atoms with Crippen molar-refractivity contribution in [1.29, 1.82) is 0 Å². The van der Waals surface area contributed by atoms with Crippen molar-refractivity contribution in [2.45, 2.75) is 32.9 Å². The van der Waals surface area contributed by atoms with Gasteiger partial charge in [-0.2, -0.15) is 0 Å². The van der Waals surface area contributed by atoms with Crippen molar-refractivity contribution in [2.24, 2.45) is 0 Å². The van der Waals surface area contributed by atoms with Gasteiger partial charge in [0.1, 0.15) is 0 Å². The van der Waals surface area contributed by atoms with Gasteiger partial charge in [-0.25, -0.2) is 9.37 Å². The van der Waals surface area contributed by atoms with Crippen molar-refractivity contribution in [2.75, 3.05) is 38.1 Å². The van der Waals surface area contributed by atoms with Crippen LogP contribution in [0.3, 0.4) is 0 Å². The van der Waals surface area contributed by atoms with E-state index >= 15 is 0 Å². The van der Waals surface area contributed by atoms with E-state index in [1.165, 1.54) is 0 Å². The first-order valence-electron chi connectivity index (χ1n) is 7.26. The van der Waals surface area contributed by atoms with Crippen LogP contribution in [0.5, 0.6) is 0 Å². The molecule has 1 aromatic rings. The standard InChI is InChI=1S/C15H25FN4/c1-5-17-10-12-6-7-18-14(13(12)16)20-9-8-19(4)15(2,3)11-20/h6-7,17H,5,8-11H2,1-4H3. The summed E-state index contributed by atoms with van der Waals surface area (Å²) in [4.78, 5) is 8.64. The Hall–Kier alpha value is -1.20. The van der Waals surface area contributed by atoms with Crippen molar-refractivity contribution in [3.8, 4) is 0 Å². The molecule has 1 fully saturated rings. The Balaban J connectivity index is 2.20. The van der Waals surface area contributed by atoms with Crippen molar-refractivity contribution in [1.82, 2.24) is 15.2 Å². The number of pyridine rings is 1. The zero-order valence-electron chi connectivity index (χ0n) is 12.9. The van der Waals surface area contributed by atoms with Gasteiger partial charge < -0.3 is 10.2 Å². The van der Waals surface area contributed by atoms with Crippen LogP contribution < -0.4 is 10.2 Å². The van der Waals surface area contributed by atoms with Gasteiger partial charge in [-0.05, 0) is 33.5 Å². The highest BCUT2D eigenvalue weighted by molar-refractivity contribution is 5.44. The Bertz CT molecular complexity index is 461. The number of aromatic nitrogens is 1. The molecule has 112 valence electrons. The van der Waals surface area contributed by atoms with Crippen LogP contribution in [0.1, 0.15) is 26.3 Å². The van der Waals surface area contributed by atoms with Gasteiger partial charge in [0.15, 0.2) is 11.6 Å². The molecule has 0 radical (unpaired) electrons. The number of piperazine rings is 1. The lowest BCUT2D eigenvalue weighted by atomic mass is 9.99. The van der Waals surface area contributed by atoms with E-state index in [2.05, 4.69) is 41.0 Å². The minimum Gasteiger partial charge on any atom is -0.351 e. The van der Waals surface area contributed by atoms with Crippen LogP contribution >= 0.6 is 0 Å². The molecule has 0 unspecified atom stereocenters. The zero-order chi connectivity index (χ0) is 14.8. The summed E-state index contributed by atoms with van der Waals surface area (Å²) >= 11 is 0. The van der Waals surface area contributed by atoms with Crippen LogP contribution in [-0.4, -0.2) is 48.6 Å². The van der Waals surface area contributed by atoms with Crippen molar-refractivity contribution in [3.05, 3.63) is 23.6 Å². The first-order chi connectivity index (χ1) is 9.45. The quantitative estimate of drug-likeness (QED) is 0.912. The molecule has 1 saturated heterocycles. The lowest BCUT2D eigenvalue weighted by Gasteiger charge is -2.45. The summed E-state index contributed by atoms with van der Waals surface area (Å²) in [5.41, 5.74) is 0.720. The van der Waals surface area contributed by atoms with Gasteiger partial charge in [0.2, 0.25) is 0 Å². The summed E-state index contributed by atoms with van der Waals surface area (Å²) < 4.78 is 14.6. The largest absolute Gasteiger partial charge is 0.351 e. The predicted molar refractivity (Wildman–Crippen MR) is 80.5 cm³/mol. The Morgan fingerprint density at radius 2 is 2.15 bits per heavy atom. The van der Waals surface area contributed by atoms with Crippen molar-refractivity contribution < 1.29 is 4.39 Å². The highest BCUT2D eigenvalue weighted by Gasteiger charge is 2.32. The first-order valence-corrected chi connectivity index (χ1v) is 7.26. The summed E-state index contributed by atoms with van der Waals surface area (Å²) in [7, 11) is 2.11. The fourth-order valence-corrected chi connectivity index (χ4v) is 2.51. The van der Waals surface area contributed by atoms with E-state index < -0.39 is 0 Å². The molecule has 0 aliphatic carbocycles. The van der Waals surface area contributed by atoms with Crippen LogP contribution in [0, 0.1) is 5.82 Å². The second kappa shape index (κ2) is 6.06. The molecule has 1 aliphatic rings. The van der Waals surface area contributed by atoms with Gasteiger partial charge in [-0.1, -0.05) is 6.92 Å². The van der Waals surface area contributed by atoms with E-state index in [0.29, 0.717) is 17.9 Å². The summed E-state index contributed by atoms with van der Waals surface area (Å²) in [6.45, 7) is 10.3. The van der Waals surface area contributed by atoms with E-state index in [0.717, 1.165) is 26.2 Å². The molecule has 20 heavy (non-hydrogen) atoms. The maximum absolute atomic E-state index is 14.6. The normalized spacial score (nSPS) is 19.4. The summed E-state index contributed by atoms with van der Waals surface area (Å²) in [5.74, 6) is 0.301. The van der Waals surface area contributed by atoms with E-state index in [9.17, 15) is 4.39 Å². The number of rotatable bonds is 4. The SMILES string of the molecule is CCNCc1ccnc(N2CCN(C)C(C)(C)C2)c1F. The summed E-state index contributed by atoms with van der Waals surface area (Å²) in [5, 5.41) is 3.16. The topological polar surface area (TPSA) is 31.4 Å². The van der Waals surface area contributed by atoms with E-state index in [1.807, 2.05) is 6.92 Å². The molecule has 0 bridgehead atoms. The smallest absolute Gasteiger partial charge is 0.170 e. The minimum atomic E-state index is -0.186. The third kappa shape index (κ3) is 3.10. The number of hydrogen-bond acceptors (Lipinski definition) is 4. The minimum absolute atomic E-state index is 0.0318. The van der Waals surface area contributed by atoms with Gasteiger partial charge in [0.25, 0.3) is 0 Å². The van der Waals surface area contributed by atoms with E-state index in [1.54, 1.807) is 12.3 Å². The number of anilines is 1. The molecule has 0 aromatic carbocycles. The molecule has 2 heterocycles. The Kier molecular flexibility index (Phi) is 4.60. The van der Waals surface area contributed by atoms with Crippen LogP contribution in [0.15, 0.2) is 12.3 Å². The monoisotopic (exact) mass is 280 g/mol. The number of nitrogens with zero attached hydrogens (tertiary/aromatic N) is 3. The molecule has 0 amide bonds. The molecule has 1 N–H and O–H groups in total. The average Bonchev–Trinajstić information content (AvgIpc) is 2.41. The van der Waals surface area contributed by atoms with Gasteiger partial charge in [-0.15, -0.1) is 0 Å². The van der Waals surface area contributed by atoms with Crippen molar-refractivity contribution in [3.63, 3.8) is 0 Å². The number of halogens is 1. The van der Waals surface area contributed by atoms with E-state index in [4.69, 9.17) is 0 Å². The first kappa shape index (κ1) is 15.2. The molecule has 1 aliphatic heterocycles. The van der Waals surface area contributed by atoms with Gasteiger partial charge in [-0.3, -0.25) is 4.90 Å².